The van der Waals surface area contributed by atoms with Crippen molar-refractivity contribution in [1.29, 1.82) is 0 Å². The molecule has 0 radical (unpaired) electrons. The summed E-state index contributed by atoms with van der Waals surface area (Å²) in [6.45, 7) is 1.83. The fourth-order valence-corrected chi connectivity index (χ4v) is 3.62. The second-order valence-electron chi connectivity index (χ2n) is 5.81. The van der Waals surface area contributed by atoms with Crippen molar-refractivity contribution in [3.8, 4) is 5.75 Å². The second-order valence-corrected chi connectivity index (χ2v) is 6.59. The van der Waals surface area contributed by atoms with Crippen LogP contribution in [0.2, 0.25) is 10.0 Å². The number of hydrogen-bond donors (Lipinski definition) is 1. The van der Waals surface area contributed by atoms with E-state index in [0.717, 1.165) is 4.90 Å². The molecule has 1 aliphatic heterocycles. The lowest BCUT2D eigenvalue weighted by atomic mass is 9.93. The predicted octanol–water partition coefficient (Wildman–Crippen LogP) is 3.36. The molecule has 1 saturated heterocycles. The van der Waals surface area contributed by atoms with Crippen LogP contribution in [0, 0.1) is 0 Å². The van der Waals surface area contributed by atoms with Gasteiger partial charge in [0.2, 0.25) is 0 Å². The number of methoxy groups -OCH3 is 1. The van der Waals surface area contributed by atoms with E-state index >= 15 is 0 Å². The molecule has 1 aliphatic rings. The van der Waals surface area contributed by atoms with Crippen molar-refractivity contribution in [3.63, 3.8) is 0 Å². The molecule has 9 heteroatoms. The molecule has 26 heavy (non-hydrogen) atoms. The minimum absolute atomic E-state index is 0.0466. The number of ether oxygens (including phenoxy) is 2. The molecule has 0 bridgehead atoms. The van der Waals surface area contributed by atoms with Crippen molar-refractivity contribution < 1.29 is 29.0 Å². The van der Waals surface area contributed by atoms with Gasteiger partial charge in [-0.05, 0) is 25.5 Å². The summed E-state index contributed by atoms with van der Waals surface area (Å²) < 4.78 is 10.1. The summed E-state index contributed by atoms with van der Waals surface area (Å²) in [5, 5.41) is 10.0. The van der Waals surface area contributed by atoms with E-state index in [2.05, 4.69) is 0 Å². The third-order valence-electron chi connectivity index (χ3n) is 4.26. The van der Waals surface area contributed by atoms with E-state index in [-0.39, 0.29) is 30.5 Å². The van der Waals surface area contributed by atoms with Crippen LogP contribution in [-0.2, 0) is 14.3 Å². The quantitative estimate of drug-likeness (QED) is 0.577. The summed E-state index contributed by atoms with van der Waals surface area (Å²) in [6.07, 6.45) is -1.54. The molecule has 7 nitrogen and oxygen atoms in total. The monoisotopic (exact) mass is 403 g/mol. The van der Waals surface area contributed by atoms with E-state index in [0.29, 0.717) is 16.3 Å². The summed E-state index contributed by atoms with van der Waals surface area (Å²) in [6, 6.07) is 2.27. The summed E-state index contributed by atoms with van der Waals surface area (Å²) in [5.74, 6) is -1.10. The molecule has 2 rings (SSSR count). The van der Waals surface area contributed by atoms with E-state index in [4.69, 9.17) is 32.7 Å². The summed E-state index contributed by atoms with van der Waals surface area (Å²) in [7, 11) is 1.47. The van der Waals surface area contributed by atoms with Crippen LogP contribution in [0.1, 0.15) is 31.2 Å². The Hall–Kier alpha value is -1.99. The maximum absolute atomic E-state index is 12.4. The topological polar surface area (TPSA) is 93.1 Å². The van der Waals surface area contributed by atoms with E-state index in [1.54, 1.807) is 19.1 Å². The smallest absolute Gasteiger partial charge is 0.407 e. The number of rotatable bonds is 6. The van der Waals surface area contributed by atoms with Gasteiger partial charge in [-0.25, -0.2) is 4.79 Å². The second kappa shape index (κ2) is 8.60. The van der Waals surface area contributed by atoms with Crippen LogP contribution in [0.3, 0.4) is 0 Å². The fourth-order valence-electron chi connectivity index (χ4n) is 3.14. The Bertz CT molecular complexity index is 723. The van der Waals surface area contributed by atoms with Crippen molar-refractivity contribution in [2.24, 2.45) is 0 Å². The first-order valence-electron chi connectivity index (χ1n) is 7.99. The van der Waals surface area contributed by atoms with Gasteiger partial charge in [0, 0.05) is 18.0 Å². The van der Waals surface area contributed by atoms with Crippen molar-refractivity contribution in [2.45, 2.75) is 31.7 Å². The molecule has 1 aromatic carbocycles. The minimum atomic E-state index is -1.24. The van der Waals surface area contributed by atoms with Crippen molar-refractivity contribution in [1.82, 2.24) is 4.90 Å². The number of Topliss-reactive ketones (excluding diaryl/α,β-unsaturated/α-hetero) is 1. The number of ketones is 1. The maximum Gasteiger partial charge on any atom is 0.407 e. The number of carbonyl (C=O) groups is 3. The zero-order chi connectivity index (χ0) is 19.4. The summed E-state index contributed by atoms with van der Waals surface area (Å²) in [5.41, 5.74) is 0.555. The van der Waals surface area contributed by atoms with Gasteiger partial charge in [0.05, 0.1) is 29.8 Å². The lowest BCUT2D eigenvalue weighted by Crippen LogP contribution is -2.40. The highest BCUT2D eigenvalue weighted by Gasteiger charge is 2.42. The van der Waals surface area contributed by atoms with Crippen molar-refractivity contribution >= 4 is 41.0 Å². The number of carboxylic acid groups (broad SMARTS) is 1. The highest BCUT2D eigenvalue weighted by Crippen LogP contribution is 2.43. The third kappa shape index (κ3) is 4.22. The first-order valence-corrected chi connectivity index (χ1v) is 8.75. The van der Waals surface area contributed by atoms with E-state index in [1.165, 1.54) is 7.11 Å². The Morgan fingerprint density at radius 3 is 2.58 bits per heavy atom. The Labute approximate surface area is 160 Å². The Morgan fingerprint density at radius 1 is 1.31 bits per heavy atom. The third-order valence-corrected chi connectivity index (χ3v) is 5.08. The SMILES string of the molecule is CCOC(=O)CC(=O)[C@H]1C[C@H](c2c(OC)ccc(Cl)c2Cl)CN1C(=O)O. The van der Waals surface area contributed by atoms with Gasteiger partial charge < -0.3 is 14.6 Å². The highest BCUT2D eigenvalue weighted by molar-refractivity contribution is 6.42. The van der Waals surface area contributed by atoms with Crippen LogP contribution in [0.25, 0.3) is 0 Å². The Kier molecular flexibility index (Phi) is 6.72. The zero-order valence-electron chi connectivity index (χ0n) is 14.3. The number of likely N-dealkylation sites (tertiary alicyclic amines) is 1. The molecular formula is C17H19Cl2NO6. The number of carbonyl (C=O) groups excluding carboxylic acids is 2. The molecule has 0 saturated carbocycles. The fraction of sp³-hybridized carbons (Fsp3) is 0.471. The molecule has 1 amide bonds. The number of amides is 1. The average Bonchev–Trinajstić information content (AvgIpc) is 3.02. The highest BCUT2D eigenvalue weighted by atomic mass is 35.5. The molecule has 0 aliphatic carbocycles. The number of esters is 1. The normalized spacial score (nSPS) is 19.3. The molecule has 1 N–H and O–H groups in total. The van der Waals surface area contributed by atoms with Gasteiger partial charge >= 0.3 is 12.1 Å². The van der Waals surface area contributed by atoms with Gasteiger partial charge in [-0.3, -0.25) is 14.5 Å². The van der Waals surface area contributed by atoms with Crippen LogP contribution in [-0.4, -0.2) is 54.2 Å². The van der Waals surface area contributed by atoms with Crippen molar-refractivity contribution in [2.75, 3.05) is 20.3 Å². The first kappa shape index (κ1) is 20.3. The summed E-state index contributed by atoms with van der Waals surface area (Å²) in [4.78, 5) is 36.6. The number of hydrogen-bond acceptors (Lipinski definition) is 5. The van der Waals surface area contributed by atoms with Gasteiger partial charge in [-0.15, -0.1) is 0 Å². The van der Waals surface area contributed by atoms with Gasteiger partial charge in [-0.2, -0.15) is 0 Å². The largest absolute Gasteiger partial charge is 0.496 e. The Balaban J connectivity index is 2.30. The molecule has 1 heterocycles. The van der Waals surface area contributed by atoms with E-state index < -0.39 is 30.3 Å². The zero-order valence-corrected chi connectivity index (χ0v) is 15.8. The molecule has 142 valence electrons. The van der Waals surface area contributed by atoms with Gasteiger partial charge in [0.25, 0.3) is 0 Å². The predicted molar refractivity (Wildman–Crippen MR) is 95.1 cm³/mol. The summed E-state index contributed by atoms with van der Waals surface area (Å²) >= 11 is 12.4. The van der Waals surface area contributed by atoms with Gasteiger partial charge in [0.15, 0.2) is 5.78 Å². The first-order chi connectivity index (χ1) is 12.3. The van der Waals surface area contributed by atoms with Crippen molar-refractivity contribution in [3.05, 3.63) is 27.7 Å². The number of nitrogens with zero attached hydrogens (tertiary/aromatic N) is 1. The number of benzene rings is 1. The van der Waals surface area contributed by atoms with Gasteiger partial charge in [0.1, 0.15) is 12.2 Å². The van der Waals surface area contributed by atoms with E-state index in [9.17, 15) is 19.5 Å². The van der Waals surface area contributed by atoms with E-state index in [1.807, 2.05) is 0 Å². The maximum atomic E-state index is 12.4. The minimum Gasteiger partial charge on any atom is -0.496 e. The molecule has 0 aromatic heterocycles. The van der Waals surface area contributed by atoms with Crippen LogP contribution in [0.15, 0.2) is 12.1 Å². The lowest BCUT2D eigenvalue weighted by molar-refractivity contribution is -0.146. The average molecular weight is 404 g/mol. The molecule has 1 aromatic rings. The van der Waals surface area contributed by atoms with Gasteiger partial charge in [-0.1, -0.05) is 23.2 Å². The lowest BCUT2D eigenvalue weighted by Gasteiger charge is -2.19. The molecular weight excluding hydrogens is 385 g/mol. The molecule has 2 atom stereocenters. The standard InChI is InChI=1S/C17H19Cl2NO6/c1-3-26-14(22)7-12(21)11-6-9(8-20(11)17(23)24)15-13(25-2)5-4-10(18)16(15)19/h4-5,9,11H,3,6-8H2,1-2H3,(H,23,24)/t9-,11+/m0/s1. The van der Waals surface area contributed by atoms with Crippen LogP contribution in [0.5, 0.6) is 5.75 Å². The van der Waals surface area contributed by atoms with Crippen LogP contribution < -0.4 is 4.74 Å². The number of halogens is 2. The van der Waals surface area contributed by atoms with Crippen LogP contribution in [0.4, 0.5) is 4.79 Å². The molecule has 0 unspecified atom stereocenters. The molecule has 0 spiro atoms. The Morgan fingerprint density at radius 2 is 2.00 bits per heavy atom. The van der Waals surface area contributed by atoms with Crippen LogP contribution >= 0.6 is 23.2 Å². The molecule has 1 fully saturated rings.